The van der Waals surface area contributed by atoms with Crippen LogP contribution in [-0.4, -0.2) is 9.97 Å². The zero-order valence-electron chi connectivity index (χ0n) is 13.2. The molecule has 2 heterocycles. The molecule has 0 bridgehead atoms. The van der Waals surface area contributed by atoms with Crippen LogP contribution in [0.4, 0.5) is 11.4 Å². The van der Waals surface area contributed by atoms with E-state index in [1.165, 1.54) is 19.4 Å². The van der Waals surface area contributed by atoms with Gasteiger partial charge in [0.1, 0.15) is 0 Å². The molecular weight excluding hydrogens is 336 g/mol. The summed E-state index contributed by atoms with van der Waals surface area (Å²) in [5.41, 5.74) is 15.3. The highest BCUT2D eigenvalue weighted by Crippen LogP contribution is 2.27. The van der Waals surface area contributed by atoms with Gasteiger partial charge >= 0.3 is 0 Å². The molecule has 0 amide bonds. The molecule has 0 unspecified atom stereocenters. The van der Waals surface area contributed by atoms with Gasteiger partial charge in [0, 0.05) is 11.4 Å². The Hall–Kier alpha value is -2.18. The molecule has 4 aromatic rings. The van der Waals surface area contributed by atoms with E-state index in [4.69, 9.17) is 11.5 Å². The maximum atomic E-state index is 5.83. The summed E-state index contributed by atoms with van der Waals surface area (Å²) in [6, 6.07) is 11.8. The number of hydrogen-bond acceptors (Lipinski definition) is 6. The molecule has 0 aliphatic carbocycles. The SMILES string of the molecule is Nc1ccc2nc(CCCCc3nc4ccc(N)cc4s3)sc2c1. The second kappa shape index (κ2) is 6.37. The summed E-state index contributed by atoms with van der Waals surface area (Å²) >= 11 is 3.49. The van der Waals surface area contributed by atoms with Gasteiger partial charge in [-0.3, -0.25) is 0 Å². The van der Waals surface area contributed by atoms with Crippen LogP contribution in [0.15, 0.2) is 36.4 Å². The van der Waals surface area contributed by atoms with Crippen LogP contribution < -0.4 is 11.5 Å². The van der Waals surface area contributed by atoms with Crippen LogP contribution in [-0.2, 0) is 12.8 Å². The minimum absolute atomic E-state index is 0.800. The molecule has 2 aromatic heterocycles. The second-order valence-electron chi connectivity index (χ2n) is 5.88. The molecule has 0 aliphatic rings. The van der Waals surface area contributed by atoms with Crippen molar-refractivity contribution in [1.82, 2.24) is 9.97 Å². The largest absolute Gasteiger partial charge is 0.399 e. The van der Waals surface area contributed by atoms with E-state index in [1.807, 2.05) is 36.4 Å². The summed E-state index contributed by atoms with van der Waals surface area (Å²) in [4.78, 5) is 9.36. The van der Waals surface area contributed by atoms with Crippen LogP contribution in [0.3, 0.4) is 0 Å². The van der Waals surface area contributed by atoms with E-state index >= 15 is 0 Å². The van der Waals surface area contributed by atoms with Crippen molar-refractivity contribution in [3.63, 3.8) is 0 Å². The van der Waals surface area contributed by atoms with Crippen LogP contribution in [0.5, 0.6) is 0 Å². The molecule has 2 aromatic carbocycles. The summed E-state index contributed by atoms with van der Waals surface area (Å²) in [5.74, 6) is 0. The van der Waals surface area contributed by atoms with Gasteiger partial charge in [0.15, 0.2) is 0 Å². The average molecular weight is 355 g/mol. The van der Waals surface area contributed by atoms with Crippen molar-refractivity contribution >= 4 is 54.5 Å². The lowest BCUT2D eigenvalue weighted by Crippen LogP contribution is -1.88. The van der Waals surface area contributed by atoms with Gasteiger partial charge in [-0.25, -0.2) is 9.97 Å². The van der Waals surface area contributed by atoms with Gasteiger partial charge in [-0.1, -0.05) is 0 Å². The predicted octanol–water partition coefficient (Wildman–Crippen LogP) is 4.64. The van der Waals surface area contributed by atoms with Crippen molar-refractivity contribution in [2.45, 2.75) is 25.7 Å². The fraction of sp³-hybridized carbons (Fsp3) is 0.222. The van der Waals surface area contributed by atoms with Crippen molar-refractivity contribution in [3.8, 4) is 0 Å². The standard InChI is InChI=1S/C18H18N4S2/c19-11-5-7-13-15(9-11)23-17(21-13)3-1-2-4-18-22-14-8-6-12(20)10-16(14)24-18/h5-10H,1-4,19-20H2. The smallest absolute Gasteiger partial charge is 0.0938 e. The third-order valence-electron chi connectivity index (χ3n) is 3.94. The normalized spacial score (nSPS) is 11.5. The fourth-order valence-corrected chi connectivity index (χ4v) is 4.86. The molecule has 0 atom stereocenters. The van der Waals surface area contributed by atoms with E-state index in [-0.39, 0.29) is 0 Å². The van der Waals surface area contributed by atoms with Crippen molar-refractivity contribution in [3.05, 3.63) is 46.4 Å². The Morgan fingerprint density at radius 3 is 1.62 bits per heavy atom. The first kappa shape index (κ1) is 15.4. The molecule has 4 rings (SSSR count). The number of aryl methyl sites for hydroxylation is 2. The Balaban J connectivity index is 1.36. The third kappa shape index (κ3) is 3.20. The third-order valence-corrected chi connectivity index (χ3v) is 6.10. The summed E-state index contributed by atoms with van der Waals surface area (Å²) in [5, 5.41) is 2.38. The molecule has 0 radical (unpaired) electrons. The van der Waals surface area contributed by atoms with Crippen molar-refractivity contribution in [1.29, 1.82) is 0 Å². The topological polar surface area (TPSA) is 77.8 Å². The van der Waals surface area contributed by atoms with Gasteiger partial charge in [0.25, 0.3) is 0 Å². The number of benzene rings is 2. The monoisotopic (exact) mass is 354 g/mol. The van der Waals surface area contributed by atoms with Crippen molar-refractivity contribution in [2.24, 2.45) is 0 Å². The number of aromatic nitrogens is 2. The number of anilines is 2. The van der Waals surface area contributed by atoms with Crippen LogP contribution in [0.2, 0.25) is 0 Å². The number of nitrogens with two attached hydrogens (primary N) is 2. The lowest BCUT2D eigenvalue weighted by molar-refractivity contribution is 0.730. The molecule has 24 heavy (non-hydrogen) atoms. The molecule has 4 nitrogen and oxygen atoms in total. The quantitative estimate of drug-likeness (QED) is 0.404. The van der Waals surface area contributed by atoms with E-state index in [0.717, 1.165) is 48.1 Å². The zero-order chi connectivity index (χ0) is 16.5. The van der Waals surface area contributed by atoms with E-state index in [9.17, 15) is 0 Å². The lowest BCUT2D eigenvalue weighted by Gasteiger charge is -1.96. The Labute approximate surface area is 148 Å². The number of nitrogens with zero attached hydrogens (tertiary/aromatic N) is 2. The Morgan fingerprint density at radius 1 is 0.708 bits per heavy atom. The minimum Gasteiger partial charge on any atom is -0.399 e. The van der Waals surface area contributed by atoms with Crippen molar-refractivity contribution < 1.29 is 0 Å². The van der Waals surface area contributed by atoms with Crippen LogP contribution in [0.1, 0.15) is 22.9 Å². The first-order valence-corrected chi connectivity index (χ1v) is 9.60. The summed E-state index contributed by atoms with van der Waals surface area (Å²) in [6.07, 6.45) is 4.26. The second-order valence-corrected chi connectivity index (χ2v) is 8.11. The van der Waals surface area contributed by atoms with Gasteiger partial charge in [-0.05, 0) is 62.1 Å². The number of unbranched alkanes of at least 4 members (excludes halogenated alkanes) is 1. The maximum absolute atomic E-state index is 5.83. The van der Waals surface area contributed by atoms with Gasteiger partial charge in [-0.2, -0.15) is 0 Å². The zero-order valence-corrected chi connectivity index (χ0v) is 14.8. The molecule has 0 spiro atoms. The highest BCUT2D eigenvalue weighted by atomic mass is 32.1. The van der Waals surface area contributed by atoms with Gasteiger partial charge in [-0.15, -0.1) is 22.7 Å². The summed E-state index contributed by atoms with van der Waals surface area (Å²) in [6.45, 7) is 0. The highest BCUT2D eigenvalue weighted by molar-refractivity contribution is 7.18. The predicted molar refractivity (Wildman–Crippen MR) is 105 cm³/mol. The minimum atomic E-state index is 0.800. The Bertz CT molecular complexity index is 921. The molecule has 0 fully saturated rings. The molecule has 0 aliphatic heterocycles. The van der Waals surface area contributed by atoms with E-state index in [1.54, 1.807) is 22.7 Å². The molecule has 0 saturated heterocycles. The number of nitrogen functional groups attached to an aromatic ring is 2. The number of thiazole rings is 2. The van der Waals surface area contributed by atoms with E-state index < -0.39 is 0 Å². The van der Waals surface area contributed by atoms with E-state index in [2.05, 4.69) is 9.97 Å². The van der Waals surface area contributed by atoms with Gasteiger partial charge < -0.3 is 11.5 Å². The maximum Gasteiger partial charge on any atom is 0.0938 e. The fourth-order valence-electron chi connectivity index (χ4n) is 2.74. The average Bonchev–Trinajstić information content (AvgIpc) is 3.13. The molecular formula is C18H18N4S2. The Morgan fingerprint density at radius 2 is 1.17 bits per heavy atom. The van der Waals surface area contributed by atoms with Gasteiger partial charge in [0.2, 0.25) is 0 Å². The molecule has 6 heteroatoms. The summed E-state index contributed by atoms with van der Waals surface area (Å²) in [7, 11) is 0. The first-order valence-electron chi connectivity index (χ1n) is 7.97. The number of rotatable bonds is 5. The van der Waals surface area contributed by atoms with E-state index in [0.29, 0.717) is 0 Å². The Kier molecular flexibility index (Phi) is 4.08. The lowest BCUT2D eigenvalue weighted by atomic mass is 10.2. The molecule has 122 valence electrons. The molecule has 4 N–H and O–H groups in total. The van der Waals surface area contributed by atoms with Crippen LogP contribution in [0.25, 0.3) is 20.4 Å². The van der Waals surface area contributed by atoms with Crippen LogP contribution >= 0.6 is 22.7 Å². The highest BCUT2D eigenvalue weighted by Gasteiger charge is 2.06. The van der Waals surface area contributed by atoms with Gasteiger partial charge in [0.05, 0.1) is 30.4 Å². The molecule has 0 saturated carbocycles. The number of fused-ring (bicyclic) bond motifs is 2. The summed E-state index contributed by atoms with van der Waals surface area (Å²) < 4.78 is 2.35. The number of hydrogen-bond donors (Lipinski definition) is 2. The first-order chi connectivity index (χ1) is 11.7. The van der Waals surface area contributed by atoms with Crippen molar-refractivity contribution in [2.75, 3.05) is 11.5 Å². The van der Waals surface area contributed by atoms with Crippen LogP contribution in [0, 0.1) is 0 Å².